The van der Waals surface area contributed by atoms with E-state index < -0.39 is 21.8 Å². The van der Waals surface area contributed by atoms with Crippen LogP contribution in [0.4, 0.5) is 0 Å². The Morgan fingerprint density at radius 2 is 1.71 bits per heavy atom. The minimum atomic E-state index is -3.31. The predicted molar refractivity (Wildman–Crippen MR) is 93.3 cm³/mol. The first-order chi connectivity index (χ1) is 11.3. The Labute approximate surface area is 142 Å². The van der Waals surface area contributed by atoms with Crippen LogP contribution in [0.15, 0.2) is 48.5 Å². The van der Waals surface area contributed by atoms with Gasteiger partial charge in [-0.15, -0.1) is 0 Å². The van der Waals surface area contributed by atoms with Gasteiger partial charge >= 0.3 is 5.97 Å². The van der Waals surface area contributed by atoms with Crippen LogP contribution in [-0.4, -0.2) is 25.5 Å². The minimum absolute atomic E-state index is 0.0221. The standard InChI is InChI=1S/C18H21NO4S/c1-13-7-8-15(9-16(13)10-17(19)18(20)21)12-24(22,23)11-14-5-3-2-4-6-14/h2-9,17H,10-12,19H2,1H3,(H,20,21)/t17-/m0/s1. The zero-order chi connectivity index (χ0) is 17.7. The van der Waals surface area contributed by atoms with Gasteiger partial charge in [-0.05, 0) is 35.6 Å². The van der Waals surface area contributed by atoms with Gasteiger partial charge in [0, 0.05) is 0 Å². The summed E-state index contributed by atoms with van der Waals surface area (Å²) < 4.78 is 24.8. The fraction of sp³-hybridized carbons (Fsp3) is 0.278. The summed E-state index contributed by atoms with van der Waals surface area (Å²) in [5.74, 6) is -1.18. The van der Waals surface area contributed by atoms with Gasteiger partial charge in [0.15, 0.2) is 9.84 Å². The van der Waals surface area contributed by atoms with Crippen LogP contribution >= 0.6 is 0 Å². The topological polar surface area (TPSA) is 97.5 Å². The zero-order valence-electron chi connectivity index (χ0n) is 13.5. The molecule has 3 N–H and O–H groups in total. The molecule has 2 aromatic rings. The number of aryl methyl sites for hydroxylation is 1. The number of benzene rings is 2. The summed E-state index contributed by atoms with van der Waals surface area (Å²) in [6.07, 6.45) is 0.174. The molecule has 24 heavy (non-hydrogen) atoms. The van der Waals surface area contributed by atoms with E-state index in [4.69, 9.17) is 10.8 Å². The van der Waals surface area contributed by atoms with E-state index in [0.717, 1.165) is 16.7 Å². The molecule has 5 nitrogen and oxygen atoms in total. The molecule has 1 atom stereocenters. The molecule has 0 aliphatic heterocycles. The molecular formula is C18H21NO4S. The first-order valence-electron chi connectivity index (χ1n) is 7.58. The van der Waals surface area contributed by atoms with Gasteiger partial charge in [0.25, 0.3) is 0 Å². The van der Waals surface area contributed by atoms with Crippen LogP contribution in [0.3, 0.4) is 0 Å². The summed E-state index contributed by atoms with van der Waals surface area (Å²) in [6, 6.07) is 13.3. The maximum absolute atomic E-state index is 12.4. The summed E-state index contributed by atoms with van der Waals surface area (Å²) in [4.78, 5) is 10.9. The largest absolute Gasteiger partial charge is 0.480 e. The fourth-order valence-electron chi connectivity index (χ4n) is 2.49. The van der Waals surface area contributed by atoms with E-state index >= 15 is 0 Å². The first kappa shape index (κ1) is 18.2. The Morgan fingerprint density at radius 3 is 2.33 bits per heavy atom. The second kappa shape index (κ2) is 7.59. The number of carboxylic acids is 1. The highest BCUT2D eigenvalue weighted by Crippen LogP contribution is 2.17. The monoisotopic (exact) mass is 347 g/mol. The average Bonchev–Trinajstić information content (AvgIpc) is 2.50. The van der Waals surface area contributed by atoms with E-state index in [1.54, 1.807) is 30.3 Å². The van der Waals surface area contributed by atoms with Crippen molar-refractivity contribution in [2.24, 2.45) is 5.73 Å². The van der Waals surface area contributed by atoms with Crippen LogP contribution in [0.1, 0.15) is 22.3 Å². The summed E-state index contributed by atoms with van der Waals surface area (Å²) in [6.45, 7) is 1.85. The number of rotatable bonds is 7. The van der Waals surface area contributed by atoms with Crippen molar-refractivity contribution >= 4 is 15.8 Å². The van der Waals surface area contributed by atoms with Crippen molar-refractivity contribution in [2.45, 2.75) is 30.9 Å². The van der Waals surface area contributed by atoms with Gasteiger partial charge in [-0.2, -0.15) is 0 Å². The maximum Gasteiger partial charge on any atom is 0.320 e. The third-order valence-electron chi connectivity index (χ3n) is 3.79. The van der Waals surface area contributed by atoms with Gasteiger partial charge in [-0.3, -0.25) is 4.79 Å². The van der Waals surface area contributed by atoms with Crippen LogP contribution in [0.2, 0.25) is 0 Å². The molecule has 0 saturated heterocycles. The van der Waals surface area contributed by atoms with Crippen molar-refractivity contribution in [1.82, 2.24) is 0 Å². The Balaban J connectivity index is 2.16. The lowest BCUT2D eigenvalue weighted by Crippen LogP contribution is -2.32. The van der Waals surface area contributed by atoms with Gasteiger partial charge < -0.3 is 10.8 Å². The van der Waals surface area contributed by atoms with Gasteiger partial charge in [0.05, 0.1) is 11.5 Å². The van der Waals surface area contributed by atoms with Crippen molar-refractivity contribution in [2.75, 3.05) is 0 Å². The number of hydrogen-bond donors (Lipinski definition) is 2. The second-order valence-corrected chi connectivity index (χ2v) is 7.99. The van der Waals surface area contributed by atoms with Crippen molar-refractivity contribution in [3.63, 3.8) is 0 Å². The Kier molecular flexibility index (Phi) is 5.75. The molecule has 0 aliphatic carbocycles. The van der Waals surface area contributed by atoms with E-state index in [9.17, 15) is 13.2 Å². The summed E-state index contributed by atoms with van der Waals surface area (Å²) in [5, 5.41) is 8.93. The Bertz CT molecular complexity index is 816. The van der Waals surface area contributed by atoms with E-state index in [1.165, 1.54) is 0 Å². The summed E-state index contributed by atoms with van der Waals surface area (Å²) >= 11 is 0. The van der Waals surface area contributed by atoms with Crippen LogP contribution in [0, 0.1) is 6.92 Å². The van der Waals surface area contributed by atoms with Gasteiger partial charge in [-0.25, -0.2) is 8.42 Å². The molecule has 0 heterocycles. The molecule has 0 aliphatic rings. The third-order valence-corrected chi connectivity index (χ3v) is 5.33. The van der Waals surface area contributed by atoms with Crippen LogP contribution in [0.5, 0.6) is 0 Å². The lowest BCUT2D eigenvalue weighted by Gasteiger charge is -2.12. The number of carbonyl (C=O) groups is 1. The molecule has 0 amide bonds. The van der Waals surface area contributed by atoms with Gasteiger partial charge in [0.2, 0.25) is 0 Å². The number of hydrogen-bond acceptors (Lipinski definition) is 4. The van der Waals surface area contributed by atoms with E-state index in [1.807, 2.05) is 25.1 Å². The molecule has 128 valence electrons. The highest BCUT2D eigenvalue weighted by Gasteiger charge is 2.16. The smallest absolute Gasteiger partial charge is 0.320 e. The molecule has 2 rings (SSSR count). The summed E-state index contributed by atoms with van der Waals surface area (Å²) in [7, 11) is -3.31. The molecule has 0 radical (unpaired) electrons. The summed E-state index contributed by atoms with van der Waals surface area (Å²) in [5.41, 5.74) is 8.63. The normalized spacial score (nSPS) is 12.8. The molecular weight excluding hydrogens is 326 g/mol. The van der Waals surface area contributed by atoms with Crippen molar-refractivity contribution in [1.29, 1.82) is 0 Å². The molecule has 2 aromatic carbocycles. The van der Waals surface area contributed by atoms with Gasteiger partial charge in [0.1, 0.15) is 6.04 Å². The highest BCUT2D eigenvalue weighted by molar-refractivity contribution is 7.89. The lowest BCUT2D eigenvalue weighted by molar-refractivity contribution is -0.138. The SMILES string of the molecule is Cc1ccc(CS(=O)(=O)Cc2ccccc2)cc1C[C@H](N)C(=O)O. The number of nitrogens with two attached hydrogens (primary N) is 1. The molecule has 0 fully saturated rings. The molecule has 0 bridgehead atoms. The van der Waals surface area contributed by atoms with E-state index in [-0.39, 0.29) is 17.9 Å². The molecule has 0 aromatic heterocycles. The third kappa shape index (κ3) is 5.18. The Hall–Kier alpha value is -2.18. The number of carboxylic acid groups (broad SMARTS) is 1. The molecule has 0 spiro atoms. The van der Waals surface area contributed by atoms with Gasteiger partial charge in [-0.1, -0.05) is 48.5 Å². The Morgan fingerprint density at radius 1 is 1.08 bits per heavy atom. The predicted octanol–water partition coefficient (Wildman–Crippen LogP) is 2.06. The van der Waals surface area contributed by atoms with Crippen molar-refractivity contribution < 1.29 is 18.3 Å². The van der Waals surface area contributed by atoms with E-state index in [0.29, 0.717) is 5.56 Å². The first-order valence-corrected chi connectivity index (χ1v) is 9.40. The number of aliphatic carboxylic acids is 1. The fourth-order valence-corrected chi connectivity index (χ4v) is 3.98. The average molecular weight is 347 g/mol. The number of sulfone groups is 1. The van der Waals surface area contributed by atoms with Crippen molar-refractivity contribution in [3.8, 4) is 0 Å². The maximum atomic E-state index is 12.4. The molecule has 6 heteroatoms. The zero-order valence-corrected chi connectivity index (χ0v) is 14.3. The quantitative estimate of drug-likeness (QED) is 0.799. The molecule has 0 unspecified atom stereocenters. The molecule has 0 saturated carbocycles. The lowest BCUT2D eigenvalue weighted by atomic mass is 9.99. The minimum Gasteiger partial charge on any atom is -0.480 e. The second-order valence-electron chi connectivity index (χ2n) is 5.93. The van der Waals surface area contributed by atoms with E-state index in [2.05, 4.69) is 0 Å². The highest BCUT2D eigenvalue weighted by atomic mass is 32.2. The van der Waals surface area contributed by atoms with Crippen LogP contribution < -0.4 is 5.73 Å². The van der Waals surface area contributed by atoms with Crippen LogP contribution in [-0.2, 0) is 32.6 Å². The van der Waals surface area contributed by atoms with Crippen molar-refractivity contribution in [3.05, 3.63) is 70.8 Å². The van der Waals surface area contributed by atoms with Crippen LogP contribution in [0.25, 0.3) is 0 Å².